The van der Waals surface area contributed by atoms with Crippen LogP contribution in [0.4, 0.5) is 4.79 Å². The van der Waals surface area contributed by atoms with Gasteiger partial charge in [0.25, 0.3) is 0 Å². The molecule has 106 valence electrons. The van der Waals surface area contributed by atoms with E-state index in [9.17, 15) is 9.59 Å². The van der Waals surface area contributed by atoms with Gasteiger partial charge in [-0.3, -0.25) is 0 Å². The van der Waals surface area contributed by atoms with Gasteiger partial charge in [-0.05, 0) is 12.8 Å². The van der Waals surface area contributed by atoms with Gasteiger partial charge in [0.05, 0.1) is 0 Å². The Balaban J connectivity index is 2.17. The number of carbonyl (C=O) groups excluding carboxylic acids is 1. The molecule has 4 N–H and O–H groups in total. The van der Waals surface area contributed by atoms with E-state index in [1.54, 1.807) is 12.4 Å². The van der Waals surface area contributed by atoms with Crippen LogP contribution in [0, 0.1) is 0 Å². The standard InChI is InChI=1S/C12H20N4O3/c1-2-4-9(11(17)18)16-12(19)15-6-3-5-10-13-7-8-14-10/h7-9H,2-6H2,1H3,(H,13,14)(H,17,18)(H2,15,16,19)/t9-/m0/s1. The second kappa shape index (κ2) is 8.12. The predicted octanol–water partition coefficient (Wildman–Crippen LogP) is 0.895. The number of hydrogen-bond donors (Lipinski definition) is 4. The number of nitrogens with one attached hydrogen (secondary N) is 3. The number of urea groups is 1. The molecule has 0 spiro atoms. The van der Waals surface area contributed by atoms with Crippen LogP contribution in [-0.4, -0.2) is 39.7 Å². The maximum atomic E-state index is 11.5. The lowest BCUT2D eigenvalue weighted by Gasteiger charge is -2.14. The van der Waals surface area contributed by atoms with Gasteiger partial charge >= 0.3 is 12.0 Å². The molecule has 2 amide bonds. The summed E-state index contributed by atoms with van der Waals surface area (Å²) < 4.78 is 0. The molecule has 0 unspecified atom stereocenters. The van der Waals surface area contributed by atoms with Crippen LogP contribution in [0.1, 0.15) is 32.0 Å². The number of aryl methyl sites for hydroxylation is 1. The van der Waals surface area contributed by atoms with E-state index >= 15 is 0 Å². The molecule has 0 bridgehead atoms. The molecule has 1 aromatic heterocycles. The second-order valence-corrected chi connectivity index (χ2v) is 4.22. The topological polar surface area (TPSA) is 107 Å². The van der Waals surface area contributed by atoms with Gasteiger partial charge < -0.3 is 20.7 Å². The van der Waals surface area contributed by atoms with Gasteiger partial charge in [-0.15, -0.1) is 0 Å². The van der Waals surface area contributed by atoms with Gasteiger partial charge in [-0.25, -0.2) is 14.6 Å². The normalized spacial score (nSPS) is 11.8. The number of aliphatic carboxylic acids is 1. The Bertz CT molecular complexity index is 392. The van der Waals surface area contributed by atoms with Crippen molar-refractivity contribution in [3.8, 4) is 0 Å². The molecule has 1 rings (SSSR count). The number of rotatable bonds is 8. The first-order valence-corrected chi connectivity index (χ1v) is 6.39. The lowest BCUT2D eigenvalue weighted by molar-refractivity contribution is -0.139. The zero-order valence-corrected chi connectivity index (χ0v) is 11.0. The quantitative estimate of drug-likeness (QED) is 0.525. The second-order valence-electron chi connectivity index (χ2n) is 4.22. The van der Waals surface area contributed by atoms with E-state index in [0.717, 1.165) is 18.7 Å². The number of carboxylic acids is 1. The molecule has 7 heteroatoms. The highest BCUT2D eigenvalue weighted by Crippen LogP contribution is 1.97. The van der Waals surface area contributed by atoms with Crippen LogP contribution in [0.5, 0.6) is 0 Å². The van der Waals surface area contributed by atoms with Crippen molar-refractivity contribution in [2.24, 2.45) is 0 Å². The summed E-state index contributed by atoms with van der Waals surface area (Å²) in [5.41, 5.74) is 0. The number of carbonyl (C=O) groups is 2. The van der Waals surface area contributed by atoms with Crippen molar-refractivity contribution in [3.63, 3.8) is 0 Å². The Morgan fingerprint density at radius 3 is 2.89 bits per heavy atom. The first-order chi connectivity index (χ1) is 9.13. The summed E-state index contributed by atoms with van der Waals surface area (Å²) in [6.07, 6.45) is 6.04. The Hall–Kier alpha value is -2.05. The van der Waals surface area contributed by atoms with Crippen LogP contribution in [0.25, 0.3) is 0 Å². The van der Waals surface area contributed by atoms with Gasteiger partial charge in [0.2, 0.25) is 0 Å². The lowest BCUT2D eigenvalue weighted by Crippen LogP contribution is -2.46. The molecular weight excluding hydrogens is 248 g/mol. The van der Waals surface area contributed by atoms with Gasteiger partial charge in [-0.1, -0.05) is 13.3 Å². The third-order valence-corrected chi connectivity index (χ3v) is 2.61. The summed E-state index contributed by atoms with van der Waals surface area (Å²) in [4.78, 5) is 29.4. The van der Waals surface area contributed by atoms with Crippen LogP contribution in [0.15, 0.2) is 12.4 Å². The lowest BCUT2D eigenvalue weighted by atomic mass is 10.2. The van der Waals surface area contributed by atoms with Crippen molar-refractivity contribution in [2.45, 2.75) is 38.6 Å². The van der Waals surface area contributed by atoms with E-state index in [2.05, 4.69) is 20.6 Å². The number of nitrogens with zero attached hydrogens (tertiary/aromatic N) is 1. The molecule has 7 nitrogen and oxygen atoms in total. The zero-order chi connectivity index (χ0) is 14.1. The van der Waals surface area contributed by atoms with Crippen LogP contribution in [0.3, 0.4) is 0 Å². The number of carboxylic acid groups (broad SMARTS) is 1. The van der Waals surface area contributed by atoms with Crippen molar-refractivity contribution < 1.29 is 14.7 Å². The predicted molar refractivity (Wildman–Crippen MR) is 69.8 cm³/mol. The highest BCUT2D eigenvalue weighted by Gasteiger charge is 2.18. The van der Waals surface area contributed by atoms with Crippen molar-refractivity contribution in [1.82, 2.24) is 20.6 Å². The largest absolute Gasteiger partial charge is 0.480 e. The van der Waals surface area contributed by atoms with E-state index in [1.165, 1.54) is 0 Å². The van der Waals surface area contributed by atoms with E-state index in [1.807, 2.05) is 6.92 Å². The summed E-state index contributed by atoms with van der Waals surface area (Å²) in [5.74, 6) is -0.135. The molecule has 0 aliphatic carbocycles. The van der Waals surface area contributed by atoms with Crippen LogP contribution in [0.2, 0.25) is 0 Å². The van der Waals surface area contributed by atoms with Crippen LogP contribution in [-0.2, 0) is 11.2 Å². The third kappa shape index (κ3) is 5.89. The Kier molecular flexibility index (Phi) is 6.42. The monoisotopic (exact) mass is 268 g/mol. The Labute approximate surface area is 111 Å². The molecule has 0 aliphatic rings. The van der Waals surface area contributed by atoms with E-state index in [0.29, 0.717) is 19.4 Å². The fourth-order valence-electron chi connectivity index (χ4n) is 1.65. The van der Waals surface area contributed by atoms with E-state index in [-0.39, 0.29) is 0 Å². The summed E-state index contributed by atoms with van der Waals surface area (Å²) >= 11 is 0. The highest BCUT2D eigenvalue weighted by atomic mass is 16.4. The zero-order valence-electron chi connectivity index (χ0n) is 11.0. The average Bonchev–Trinajstić information content (AvgIpc) is 2.87. The molecule has 0 aromatic carbocycles. The molecular formula is C12H20N4O3. The van der Waals surface area contributed by atoms with Crippen molar-refractivity contribution in [3.05, 3.63) is 18.2 Å². The first-order valence-electron chi connectivity index (χ1n) is 6.39. The minimum Gasteiger partial charge on any atom is -0.480 e. The highest BCUT2D eigenvalue weighted by molar-refractivity contribution is 5.82. The average molecular weight is 268 g/mol. The van der Waals surface area contributed by atoms with E-state index < -0.39 is 18.0 Å². The molecule has 1 heterocycles. The number of aromatic amines is 1. The van der Waals surface area contributed by atoms with E-state index in [4.69, 9.17) is 5.11 Å². The smallest absolute Gasteiger partial charge is 0.326 e. The number of aromatic nitrogens is 2. The van der Waals surface area contributed by atoms with Gasteiger partial charge in [0.1, 0.15) is 11.9 Å². The van der Waals surface area contributed by atoms with Gasteiger partial charge in [-0.2, -0.15) is 0 Å². The fraction of sp³-hybridized carbons (Fsp3) is 0.583. The number of amides is 2. The maximum absolute atomic E-state index is 11.5. The molecule has 0 saturated heterocycles. The minimum atomic E-state index is -1.01. The van der Waals surface area contributed by atoms with Crippen molar-refractivity contribution >= 4 is 12.0 Å². The third-order valence-electron chi connectivity index (χ3n) is 2.61. The first kappa shape index (κ1) is 15.0. The van der Waals surface area contributed by atoms with Crippen molar-refractivity contribution in [1.29, 1.82) is 0 Å². The summed E-state index contributed by atoms with van der Waals surface area (Å²) in [6.45, 7) is 2.35. The Morgan fingerprint density at radius 2 is 2.32 bits per heavy atom. The molecule has 0 saturated carbocycles. The van der Waals surface area contributed by atoms with Crippen molar-refractivity contribution in [2.75, 3.05) is 6.54 Å². The van der Waals surface area contributed by atoms with Crippen LogP contribution < -0.4 is 10.6 Å². The summed E-state index contributed by atoms with van der Waals surface area (Å²) in [6, 6.07) is -1.27. The molecule has 1 aromatic rings. The number of imidazole rings is 1. The molecule has 0 aliphatic heterocycles. The number of H-pyrrole nitrogens is 1. The molecule has 0 fully saturated rings. The molecule has 19 heavy (non-hydrogen) atoms. The molecule has 1 atom stereocenters. The van der Waals surface area contributed by atoms with Crippen LogP contribution >= 0.6 is 0 Å². The fourth-order valence-corrected chi connectivity index (χ4v) is 1.65. The summed E-state index contributed by atoms with van der Waals surface area (Å²) in [5, 5.41) is 14.0. The van der Waals surface area contributed by atoms with Gasteiger partial charge in [0, 0.05) is 25.4 Å². The summed E-state index contributed by atoms with van der Waals surface area (Å²) in [7, 11) is 0. The minimum absolute atomic E-state index is 0.426. The maximum Gasteiger partial charge on any atom is 0.326 e. The number of hydrogen-bond acceptors (Lipinski definition) is 3. The SMILES string of the molecule is CCC[C@H](NC(=O)NCCCc1ncc[nH]1)C(=O)O. The van der Waals surface area contributed by atoms with Gasteiger partial charge in [0.15, 0.2) is 0 Å². The molecule has 0 radical (unpaired) electrons. The Morgan fingerprint density at radius 1 is 1.53 bits per heavy atom.